The molecule has 0 aliphatic heterocycles. The van der Waals surface area contributed by atoms with E-state index in [0.717, 1.165) is 25.0 Å². The highest BCUT2D eigenvalue weighted by Crippen LogP contribution is 2.26. The Labute approximate surface area is 121 Å². The summed E-state index contributed by atoms with van der Waals surface area (Å²) >= 11 is 0. The van der Waals surface area contributed by atoms with Gasteiger partial charge in [0.2, 0.25) is 5.91 Å². The van der Waals surface area contributed by atoms with Crippen LogP contribution in [0.1, 0.15) is 30.1 Å². The van der Waals surface area contributed by atoms with Gasteiger partial charge in [0.25, 0.3) is 5.69 Å². The molecule has 1 amide bonds. The summed E-state index contributed by atoms with van der Waals surface area (Å²) in [5.41, 5.74) is 4.67. The number of carbonyl (C=O) groups is 2. The molecule has 0 aromatic heterocycles. The van der Waals surface area contributed by atoms with E-state index in [2.05, 4.69) is 0 Å². The fourth-order valence-electron chi connectivity index (χ4n) is 1.89. The van der Waals surface area contributed by atoms with Crippen molar-refractivity contribution in [2.75, 3.05) is 18.0 Å². The smallest absolute Gasteiger partial charge is 0.342 e. The Morgan fingerprint density at radius 2 is 2.10 bits per heavy atom. The van der Waals surface area contributed by atoms with Gasteiger partial charge in [0.1, 0.15) is 5.56 Å². The van der Waals surface area contributed by atoms with E-state index in [1.165, 1.54) is 6.07 Å². The lowest BCUT2D eigenvalue weighted by Crippen LogP contribution is -2.34. The van der Waals surface area contributed by atoms with Crippen LogP contribution in [0.2, 0.25) is 0 Å². The number of anilines is 1. The van der Waals surface area contributed by atoms with E-state index in [9.17, 15) is 19.7 Å². The van der Waals surface area contributed by atoms with Gasteiger partial charge in [-0.15, -0.1) is 0 Å². The number of nitro benzene ring substituents is 1. The number of carboxylic acid groups (broad SMARTS) is 1. The third-order valence-electron chi connectivity index (χ3n) is 2.90. The summed E-state index contributed by atoms with van der Waals surface area (Å²) in [5, 5.41) is 19.9. The minimum atomic E-state index is -1.37. The number of amides is 1. The molecule has 0 fully saturated rings. The van der Waals surface area contributed by atoms with Gasteiger partial charge in [-0.3, -0.25) is 14.9 Å². The number of nitrogens with zero attached hydrogens (tertiary/aromatic N) is 2. The van der Waals surface area contributed by atoms with Gasteiger partial charge in [-0.1, -0.05) is 13.3 Å². The molecule has 1 aromatic rings. The van der Waals surface area contributed by atoms with Crippen LogP contribution in [-0.2, 0) is 4.79 Å². The summed E-state index contributed by atoms with van der Waals surface area (Å²) < 4.78 is 0. The summed E-state index contributed by atoms with van der Waals surface area (Å²) in [6.07, 6.45) is 1.66. The summed E-state index contributed by atoms with van der Waals surface area (Å²) in [7, 11) is 0. The molecule has 0 saturated heterocycles. The molecule has 1 aromatic carbocycles. The standard InChI is InChI=1S/C13H17N3O5/c1-2-3-6-15(8-12(14)17)9-4-5-10(13(18)19)11(7-9)16(20)21/h4-5,7H,2-3,6,8H2,1H3,(H2,14,17)(H,18,19). The molecule has 1 rings (SSSR count). The van der Waals surface area contributed by atoms with E-state index < -0.39 is 28.1 Å². The van der Waals surface area contributed by atoms with E-state index >= 15 is 0 Å². The second-order valence-electron chi connectivity index (χ2n) is 4.51. The van der Waals surface area contributed by atoms with Gasteiger partial charge in [-0.05, 0) is 18.6 Å². The number of rotatable bonds is 8. The van der Waals surface area contributed by atoms with Crippen molar-refractivity contribution in [1.82, 2.24) is 0 Å². The van der Waals surface area contributed by atoms with Gasteiger partial charge in [0.05, 0.1) is 11.5 Å². The average molecular weight is 295 g/mol. The van der Waals surface area contributed by atoms with E-state index in [0.29, 0.717) is 12.2 Å². The molecule has 0 aliphatic rings. The van der Waals surface area contributed by atoms with Crippen molar-refractivity contribution in [1.29, 1.82) is 0 Å². The molecule has 114 valence electrons. The number of carboxylic acids is 1. The number of hydrogen-bond donors (Lipinski definition) is 2. The summed E-state index contributed by atoms with van der Waals surface area (Å²) in [4.78, 5) is 33.9. The van der Waals surface area contributed by atoms with Crippen molar-refractivity contribution in [2.45, 2.75) is 19.8 Å². The zero-order chi connectivity index (χ0) is 16.0. The first-order chi connectivity index (χ1) is 9.86. The van der Waals surface area contributed by atoms with Crippen LogP contribution in [0.25, 0.3) is 0 Å². The maximum atomic E-state index is 11.1. The van der Waals surface area contributed by atoms with Crippen LogP contribution < -0.4 is 10.6 Å². The van der Waals surface area contributed by atoms with Gasteiger partial charge in [-0.25, -0.2) is 4.79 Å². The van der Waals surface area contributed by atoms with Gasteiger partial charge >= 0.3 is 5.97 Å². The Balaban J connectivity index is 3.19. The van der Waals surface area contributed by atoms with Crippen molar-refractivity contribution >= 4 is 23.3 Å². The fraction of sp³-hybridized carbons (Fsp3) is 0.385. The summed E-state index contributed by atoms with van der Waals surface area (Å²) in [5.74, 6) is -1.93. The van der Waals surface area contributed by atoms with Gasteiger partial charge in [-0.2, -0.15) is 0 Å². The first-order valence-corrected chi connectivity index (χ1v) is 6.41. The number of unbranched alkanes of at least 4 members (excludes halogenated alkanes) is 1. The largest absolute Gasteiger partial charge is 0.477 e. The first-order valence-electron chi connectivity index (χ1n) is 6.41. The molecule has 0 unspecified atom stereocenters. The minimum absolute atomic E-state index is 0.0798. The highest BCUT2D eigenvalue weighted by Gasteiger charge is 2.22. The number of carbonyl (C=O) groups excluding carboxylic acids is 1. The SMILES string of the molecule is CCCCN(CC(N)=O)c1ccc(C(=O)O)c([N+](=O)[O-])c1. The maximum Gasteiger partial charge on any atom is 0.342 e. The molecule has 8 heteroatoms. The summed E-state index contributed by atoms with van der Waals surface area (Å²) in [6.45, 7) is 2.39. The molecule has 0 atom stereocenters. The quantitative estimate of drug-likeness (QED) is 0.551. The van der Waals surface area contributed by atoms with Gasteiger partial charge in [0, 0.05) is 18.3 Å². The molecule has 3 N–H and O–H groups in total. The Bertz CT molecular complexity index is 559. The highest BCUT2D eigenvalue weighted by atomic mass is 16.6. The van der Waals surface area contributed by atoms with Crippen molar-refractivity contribution in [3.63, 3.8) is 0 Å². The molecule has 0 heterocycles. The lowest BCUT2D eigenvalue weighted by Gasteiger charge is -2.23. The Morgan fingerprint density at radius 3 is 2.57 bits per heavy atom. The van der Waals surface area contributed by atoms with Crippen LogP contribution in [0, 0.1) is 10.1 Å². The molecular weight excluding hydrogens is 278 g/mol. The second kappa shape index (κ2) is 7.22. The van der Waals surface area contributed by atoms with E-state index in [4.69, 9.17) is 10.8 Å². The fourth-order valence-corrected chi connectivity index (χ4v) is 1.89. The predicted molar refractivity (Wildman–Crippen MR) is 76.4 cm³/mol. The third kappa shape index (κ3) is 4.44. The van der Waals surface area contributed by atoms with Crippen molar-refractivity contribution in [3.05, 3.63) is 33.9 Å². The second-order valence-corrected chi connectivity index (χ2v) is 4.51. The molecule has 21 heavy (non-hydrogen) atoms. The van der Waals surface area contributed by atoms with Gasteiger partial charge in [0.15, 0.2) is 0 Å². The van der Waals surface area contributed by atoms with Crippen LogP contribution >= 0.6 is 0 Å². The lowest BCUT2D eigenvalue weighted by atomic mass is 10.1. The van der Waals surface area contributed by atoms with E-state index in [1.807, 2.05) is 6.92 Å². The average Bonchev–Trinajstić information content (AvgIpc) is 2.42. The van der Waals surface area contributed by atoms with Crippen LogP contribution in [0.3, 0.4) is 0 Å². The molecule has 8 nitrogen and oxygen atoms in total. The van der Waals surface area contributed by atoms with Crippen LogP contribution in [0.5, 0.6) is 0 Å². The number of hydrogen-bond acceptors (Lipinski definition) is 5. The third-order valence-corrected chi connectivity index (χ3v) is 2.90. The van der Waals surface area contributed by atoms with Crippen molar-refractivity contribution in [3.8, 4) is 0 Å². The number of nitrogens with two attached hydrogens (primary N) is 1. The summed E-state index contributed by atoms with van der Waals surface area (Å²) in [6, 6.07) is 3.76. The monoisotopic (exact) mass is 295 g/mol. The molecule has 0 bridgehead atoms. The minimum Gasteiger partial charge on any atom is -0.477 e. The zero-order valence-electron chi connectivity index (χ0n) is 11.6. The Hall–Kier alpha value is -2.64. The molecule has 0 spiro atoms. The Morgan fingerprint density at radius 1 is 1.43 bits per heavy atom. The first kappa shape index (κ1) is 16.4. The molecule has 0 aliphatic carbocycles. The number of benzene rings is 1. The Kier molecular flexibility index (Phi) is 5.65. The van der Waals surface area contributed by atoms with Crippen LogP contribution in [0.15, 0.2) is 18.2 Å². The molecule has 0 saturated carbocycles. The van der Waals surface area contributed by atoms with Crippen LogP contribution in [-0.4, -0.2) is 35.0 Å². The maximum absolute atomic E-state index is 11.1. The number of primary amides is 1. The van der Waals surface area contributed by atoms with Crippen molar-refractivity contribution < 1.29 is 19.6 Å². The number of aromatic carboxylic acids is 1. The molecule has 0 radical (unpaired) electrons. The number of nitro groups is 1. The zero-order valence-corrected chi connectivity index (χ0v) is 11.6. The van der Waals surface area contributed by atoms with Crippen molar-refractivity contribution in [2.24, 2.45) is 5.73 Å². The predicted octanol–water partition coefficient (Wildman–Crippen LogP) is 1.38. The molecular formula is C13H17N3O5. The topological polar surface area (TPSA) is 127 Å². The van der Waals surface area contributed by atoms with Crippen LogP contribution in [0.4, 0.5) is 11.4 Å². The normalized spacial score (nSPS) is 10.1. The highest BCUT2D eigenvalue weighted by molar-refractivity contribution is 5.93. The van der Waals surface area contributed by atoms with E-state index in [1.54, 1.807) is 4.90 Å². The lowest BCUT2D eigenvalue weighted by molar-refractivity contribution is -0.385. The van der Waals surface area contributed by atoms with Gasteiger partial charge < -0.3 is 15.7 Å². The van der Waals surface area contributed by atoms with E-state index in [-0.39, 0.29) is 6.54 Å².